The normalized spacial score (nSPS) is 11.8. The minimum absolute atomic E-state index is 0.214. The van der Waals surface area contributed by atoms with Crippen LogP contribution in [0.2, 0.25) is 0 Å². The molecule has 0 radical (unpaired) electrons. The second kappa shape index (κ2) is 6.02. The van der Waals surface area contributed by atoms with E-state index in [1.807, 2.05) is 0 Å². The highest BCUT2D eigenvalue weighted by Crippen LogP contribution is 2.25. The lowest BCUT2D eigenvalue weighted by molar-refractivity contribution is 0.571. The number of nitrogens with two attached hydrogens (primary N) is 1. The molecule has 0 atom stereocenters. The fourth-order valence-electron chi connectivity index (χ4n) is 1.86. The van der Waals surface area contributed by atoms with Gasteiger partial charge in [0, 0.05) is 6.54 Å². The van der Waals surface area contributed by atoms with Gasteiger partial charge in [0.2, 0.25) is 0 Å². The van der Waals surface area contributed by atoms with E-state index in [9.17, 15) is 0 Å². The molecule has 2 heteroatoms. The molecule has 0 bridgehead atoms. The summed E-state index contributed by atoms with van der Waals surface area (Å²) in [6.07, 6.45) is 1.04. The Morgan fingerprint density at radius 3 is 2.50 bits per heavy atom. The molecule has 0 unspecified atom stereocenters. The Hall–Kier alpha value is -0.860. The third-order valence-electron chi connectivity index (χ3n) is 2.70. The van der Waals surface area contributed by atoms with Crippen molar-refractivity contribution in [3.05, 3.63) is 35.4 Å². The Kier molecular flexibility index (Phi) is 4.97. The van der Waals surface area contributed by atoms with E-state index >= 15 is 0 Å². The Morgan fingerprint density at radius 1 is 1.19 bits per heavy atom. The summed E-state index contributed by atoms with van der Waals surface area (Å²) in [4.78, 5) is 0. The van der Waals surface area contributed by atoms with Gasteiger partial charge in [0.05, 0.1) is 0 Å². The molecule has 0 aromatic heterocycles. The summed E-state index contributed by atoms with van der Waals surface area (Å²) >= 11 is 0. The van der Waals surface area contributed by atoms with Crippen molar-refractivity contribution in [3.8, 4) is 0 Å². The van der Waals surface area contributed by atoms with E-state index in [-0.39, 0.29) is 5.41 Å². The lowest BCUT2D eigenvalue weighted by Gasteiger charge is -2.23. The van der Waals surface area contributed by atoms with Crippen molar-refractivity contribution in [2.24, 2.45) is 5.73 Å². The van der Waals surface area contributed by atoms with E-state index in [2.05, 4.69) is 50.4 Å². The van der Waals surface area contributed by atoms with Crippen molar-refractivity contribution in [1.29, 1.82) is 0 Å². The quantitative estimate of drug-likeness (QED) is 0.748. The third kappa shape index (κ3) is 3.95. The number of benzene rings is 1. The zero-order valence-corrected chi connectivity index (χ0v) is 10.7. The minimum atomic E-state index is 0.214. The zero-order chi connectivity index (χ0) is 12.0. The van der Waals surface area contributed by atoms with Crippen molar-refractivity contribution in [3.63, 3.8) is 0 Å². The molecule has 1 aromatic rings. The van der Waals surface area contributed by atoms with Crippen LogP contribution in [0, 0.1) is 0 Å². The molecule has 2 nitrogen and oxygen atoms in total. The van der Waals surface area contributed by atoms with Gasteiger partial charge in [-0.05, 0) is 36.1 Å². The highest BCUT2D eigenvalue weighted by atomic mass is 14.8. The van der Waals surface area contributed by atoms with E-state index in [1.54, 1.807) is 0 Å². The fraction of sp³-hybridized carbons (Fsp3) is 0.571. The molecule has 1 rings (SSSR count). The van der Waals surface area contributed by atoms with Crippen LogP contribution in [-0.2, 0) is 12.0 Å². The fourth-order valence-corrected chi connectivity index (χ4v) is 1.86. The van der Waals surface area contributed by atoms with E-state index in [0.29, 0.717) is 0 Å². The predicted molar refractivity (Wildman–Crippen MR) is 70.5 cm³/mol. The van der Waals surface area contributed by atoms with Crippen molar-refractivity contribution < 1.29 is 0 Å². The molecule has 0 aliphatic rings. The highest BCUT2D eigenvalue weighted by molar-refractivity contribution is 5.32. The molecule has 0 saturated heterocycles. The van der Waals surface area contributed by atoms with Gasteiger partial charge in [0.15, 0.2) is 0 Å². The van der Waals surface area contributed by atoms with E-state index < -0.39 is 0 Å². The first-order valence-electron chi connectivity index (χ1n) is 6.05. The van der Waals surface area contributed by atoms with Crippen LogP contribution in [-0.4, -0.2) is 13.1 Å². The maximum Gasteiger partial charge on any atom is 0.0208 e. The standard InChI is InChI=1S/C14H24N2/c1-14(2,3)13-8-5-4-7-12(13)11-16-10-6-9-15/h4-5,7-8,16H,6,9-11,15H2,1-3H3. The second-order valence-electron chi connectivity index (χ2n) is 5.23. The van der Waals surface area contributed by atoms with Gasteiger partial charge in [-0.15, -0.1) is 0 Å². The molecule has 16 heavy (non-hydrogen) atoms. The average Bonchev–Trinajstić information content (AvgIpc) is 2.24. The Labute approximate surface area is 99.2 Å². The SMILES string of the molecule is CC(C)(C)c1ccccc1CNCCCN. The molecule has 1 aromatic carbocycles. The van der Waals surface area contributed by atoms with Gasteiger partial charge in [-0.2, -0.15) is 0 Å². The molecular formula is C14H24N2. The zero-order valence-electron chi connectivity index (χ0n) is 10.7. The van der Waals surface area contributed by atoms with Crippen LogP contribution in [0.4, 0.5) is 0 Å². The van der Waals surface area contributed by atoms with Crippen molar-refractivity contribution in [2.45, 2.75) is 39.2 Å². The topological polar surface area (TPSA) is 38.0 Å². The van der Waals surface area contributed by atoms with Crippen LogP contribution in [0.15, 0.2) is 24.3 Å². The molecule has 0 fully saturated rings. The van der Waals surface area contributed by atoms with Crippen LogP contribution in [0.3, 0.4) is 0 Å². The number of rotatable bonds is 5. The van der Waals surface area contributed by atoms with Crippen LogP contribution in [0.5, 0.6) is 0 Å². The van der Waals surface area contributed by atoms with Crippen molar-refractivity contribution in [1.82, 2.24) is 5.32 Å². The first-order chi connectivity index (χ1) is 7.55. The van der Waals surface area contributed by atoms with Crippen LogP contribution in [0.1, 0.15) is 38.3 Å². The van der Waals surface area contributed by atoms with Crippen LogP contribution >= 0.6 is 0 Å². The molecule has 0 aliphatic heterocycles. The monoisotopic (exact) mass is 220 g/mol. The van der Waals surface area contributed by atoms with Gasteiger partial charge in [-0.3, -0.25) is 0 Å². The second-order valence-corrected chi connectivity index (χ2v) is 5.23. The molecule has 0 aliphatic carbocycles. The van der Waals surface area contributed by atoms with Gasteiger partial charge < -0.3 is 11.1 Å². The van der Waals surface area contributed by atoms with E-state index in [4.69, 9.17) is 5.73 Å². The van der Waals surface area contributed by atoms with Gasteiger partial charge in [0.1, 0.15) is 0 Å². The Balaban J connectivity index is 2.65. The third-order valence-corrected chi connectivity index (χ3v) is 2.70. The van der Waals surface area contributed by atoms with Crippen LogP contribution in [0.25, 0.3) is 0 Å². The molecule has 0 heterocycles. The summed E-state index contributed by atoms with van der Waals surface area (Å²) in [5.74, 6) is 0. The minimum Gasteiger partial charge on any atom is -0.330 e. The summed E-state index contributed by atoms with van der Waals surface area (Å²) in [5, 5.41) is 3.44. The summed E-state index contributed by atoms with van der Waals surface area (Å²) < 4.78 is 0. The van der Waals surface area contributed by atoms with E-state index in [0.717, 1.165) is 26.1 Å². The first-order valence-corrected chi connectivity index (χ1v) is 6.05. The lowest BCUT2D eigenvalue weighted by atomic mass is 9.84. The predicted octanol–water partition coefficient (Wildman–Crippen LogP) is 2.42. The maximum atomic E-state index is 5.47. The number of hydrogen-bond donors (Lipinski definition) is 2. The Morgan fingerprint density at radius 2 is 1.88 bits per heavy atom. The summed E-state index contributed by atoms with van der Waals surface area (Å²) in [6, 6.07) is 8.65. The van der Waals surface area contributed by atoms with Gasteiger partial charge >= 0.3 is 0 Å². The average molecular weight is 220 g/mol. The highest BCUT2D eigenvalue weighted by Gasteiger charge is 2.16. The van der Waals surface area contributed by atoms with Crippen LogP contribution < -0.4 is 11.1 Å². The van der Waals surface area contributed by atoms with Gasteiger partial charge in [-0.25, -0.2) is 0 Å². The van der Waals surface area contributed by atoms with E-state index in [1.165, 1.54) is 11.1 Å². The number of nitrogens with one attached hydrogen (secondary N) is 1. The lowest BCUT2D eigenvalue weighted by Crippen LogP contribution is -2.21. The van der Waals surface area contributed by atoms with Crippen molar-refractivity contribution in [2.75, 3.05) is 13.1 Å². The number of hydrogen-bond acceptors (Lipinski definition) is 2. The molecular weight excluding hydrogens is 196 g/mol. The Bertz CT molecular complexity index is 313. The summed E-state index contributed by atoms with van der Waals surface area (Å²) in [7, 11) is 0. The molecule has 90 valence electrons. The molecule has 0 amide bonds. The molecule has 3 N–H and O–H groups in total. The van der Waals surface area contributed by atoms with Gasteiger partial charge in [0.25, 0.3) is 0 Å². The first kappa shape index (κ1) is 13.2. The largest absolute Gasteiger partial charge is 0.330 e. The maximum absolute atomic E-state index is 5.47. The molecule has 0 spiro atoms. The summed E-state index contributed by atoms with van der Waals surface area (Å²) in [6.45, 7) is 9.46. The van der Waals surface area contributed by atoms with Gasteiger partial charge in [-0.1, -0.05) is 45.0 Å². The summed E-state index contributed by atoms with van der Waals surface area (Å²) in [5.41, 5.74) is 8.50. The molecule has 0 saturated carbocycles. The van der Waals surface area contributed by atoms with Crippen molar-refractivity contribution >= 4 is 0 Å². The smallest absolute Gasteiger partial charge is 0.0208 e.